The second-order valence-electron chi connectivity index (χ2n) is 4.36. The number of hydrogen-bond acceptors (Lipinski definition) is 4. The van der Waals surface area contributed by atoms with Crippen LogP contribution in [-0.4, -0.2) is 34.8 Å². The fourth-order valence-corrected chi connectivity index (χ4v) is 2.05. The highest BCUT2D eigenvalue weighted by molar-refractivity contribution is 5.13. The van der Waals surface area contributed by atoms with Crippen LogP contribution in [0, 0.1) is 0 Å². The van der Waals surface area contributed by atoms with E-state index in [-0.39, 0.29) is 12.5 Å². The van der Waals surface area contributed by atoms with Gasteiger partial charge in [0.15, 0.2) is 6.29 Å². The first kappa shape index (κ1) is 12.5. The third-order valence-corrected chi connectivity index (χ3v) is 2.94. The van der Waals surface area contributed by atoms with Gasteiger partial charge in [0.2, 0.25) is 0 Å². The van der Waals surface area contributed by atoms with Crippen LogP contribution in [0.5, 0.6) is 0 Å². The van der Waals surface area contributed by atoms with Crippen molar-refractivity contribution in [3.8, 4) is 0 Å². The number of ether oxygens (including phenoxy) is 2. The molecule has 2 N–H and O–H groups in total. The van der Waals surface area contributed by atoms with E-state index in [0.29, 0.717) is 6.61 Å². The van der Waals surface area contributed by atoms with Gasteiger partial charge in [0.1, 0.15) is 6.10 Å². The second kappa shape index (κ2) is 5.60. The van der Waals surface area contributed by atoms with Gasteiger partial charge in [-0.1, -0.05) is 30.3 Å². The molecule has 1 aromatic carbocycles. The summed E-state index contributed by atoms with van der Waals surface area (Å²) in [5.41, 5.74) is 1.05. The molecule has 0 aliphatic carbocycles. The average molecular weight is 238 g/mol. The van der Waals surface area contributed by atoms with Gasteiger partial charge in [-0.05, 0) is 12.5 Å². The Morgan fingerprint density at radius 2 is 2.00 bits per heavy atom. The minimum Gasteiger partial charge on any atom is -0.390 e. The molecule has 1 saturated heterocycles. The SMILES string of the molecule is C[C@H]1O[C@H](O)C[C@@H](O)[C@@H]1OCc1ccccc1. The highest BCUT2D eigenvalue weighted by Crippen LogP contribution is 2.22. The molecule has 0 amide bonds. The fraction of sp³-hybridized carbons (Fsp3) is 0.538. The number of aliphatic hydroxyl groups excluding tert-OH is 2. The zero-order chi connectivity index (χ0) is 12.3. The van der Waals surface area contributed by atoms with Crippen molar-refractivity contribution >= 4 is 0 Å². The lowest BCUT2D eigenvalue weighted by Gasteiger charge is -2.35. The van der Waals surface area contributed by atoms with Gasteiger partial charge < -0.3 is 19.7 Å². The van der Waals surface area contributed by atoms with Crippen molar-refractivity contribution in [2.45, 2.75) is 44.6 Å². The number of rotatable bonds is 3. The van der Waals surface area contributed by atoms with Gasteiger partial charge in [0.25, 0.3) is 0 Å². The summed E-state index contributed by atoms with van der Waals surface area (Å²) in [5.74, 6) is 0. The van der Waals surface area contributed by atoms with E-state index in [1.165, 1.54) is 0 Å². The maximum Gasteiger partial charge on any atom is 0.157 e. The smallest absolute Gasteiger partial charge is 0.157 e. The molecule has 1 fully saturated rings. The summed E-state index contributed by atoms with van der Waals surface area (Å²) < 4.78 is 10.9. The van der Waals surface area contributed by atoms with Crippen LogP contribution in [0.4, 0.5) is 0 Å². The topological polar surface area (TPSA) is 58.9 Å². The lowest BCUT2D eigenvalue weighted by Crippen LogP contribution is -2.48. The fourth-order valence-electron chi connectivity index (χ4n) is 2.05. The van der Waals surface area contributed by atoms with E-state index in [2.05, 4.69) is 0 Å². The van der Waals surface area contributed by atoms with Crippen LogP contribution in [0.2, 0.25) is 0 Å². The lowest BCUT2D eigenvalue weighted by molar-refractivity contribution is -0.240. The van der Waals surface area contributed by atoms with Crippen molar-refractivity contribution in [2.75, 3.05) is 0 Å². The first-order valence-electron chi connectivity index (χ1n) is 5.84. The molecule has 0 unspecified atom stereocenters. The largest absolute Gasteiger partial charge is 0.390 e. The Labute approximate surface area is 101 Å². The molecule has 4 nitrogen and oxygen atoms in total. The molecular formula is C13H18O4. The molecule has 1 heterocycles. The van der Waals surface area contributed by atoms with Gasteiger partial charge in [0, 0.05) is 6.42 Å². The first-order valence-corrected chi connectivity index (χ1v) is 5.84. The van der Waals surface area contributed by atoms with Crippen molar-refractivity contribution in [1.82, 2.24) is 0 Å². The molecule has 0 radical (unpaired) electrons. The first-order chi connectivity index (χ1) is 8.16. The van der Waals surface area contributed by atoms with Crippen LogP contribution in [-0.2, 0) is 16.1 Å². The predicted molar refractivity (Wildman–Crippen MR) is 62.2 cm³/mol. The molecule has 0 aromatic heterocycles. The Bertz CT molecular complexity index is 329. The van der Waals surface area contributed by atoms with Crippen LogP contribution in [0.3, 0.4) is 0 Å². The van der Waals surface area contributed by atoms with E-state index in [9.17, 15) is 10.2 Å². The van der Waals surface area contributed by atoms with Gasteiger partial charge in [0.05, 0.1) is 18.8 Å². The molecule has 4 heteroatoms. The summed E-state index contributed by atoms with van der Waals surface area (Å²) in [6, 6.07) is 9.77. The van der Waals surface area contributed by atoms with E-state index in [1.54, 1.807) is 6.92 Å². The van der Waals surface area contributed by atoms with E-state index in [0.717, 1.165) is 5.56 Å². The Kier molecular flexibility index (Phi) is 4.12. The number of aliphatic hydroxyl groups is 2. The van der Waals surface area contributed by atoms with Crippen LogP contribution >= 0.6 is 0 Å². The van der Waals surface area contributed by atoms with E-state index < -0.39 is 18.5 Å². The molecule has 0 bridgehead atoms. The van der Waals surface area contributed by atoms with Crippen LogP contribution in [0.15, 0.2) is 30.3 Å². The van der Waals surface area contributed by atoms with Crippen molar-refractivity contribution in [3.05, 3.63) is 35.9 Å². The molecular weight excluding hydrogens is 220 g/mol. The Morgan fingerprint density at radius 3 is 2.65 bits per heavy atom. The van der Waals surface area contributed by atoms with Crippen molar-refractivity contribution in [2.24, 2.45) is 0 Å². The van der Waals surface area contributed by atoms with E-state index in [4.69, 9.17) is 9.47 Å². The zero-order valence-electron chi connectivity index (χ0n) is 9.82. The van der Waals surface area contributed by atoms with Crippen molar-refractivity contribution < 1.29 is 19.7 Å². The predicted octanol–water partition coefficient (Wildman–Crippen LogP) is 1.06. The highest BCUT2D eigenvalue weighted by Gasteiger charge is 2.35. The van der Waals surface area contributed by atoms with Gasteiger partial charge in [-0.25, -0.2) is 0 Å². The Morgan fingerprint density at radius 1 is 1.29 bits per heavy atom. The molecule has 2 rings (SSSR count). The Hall–Kier alpha value is -0.940. The monoisotopic (exact) mass is 238 g/mol. The molecule has 94 valence electrons. The number of benzene rings is 1. The molecule has 4 atom stereocenters. The van der Waals surface area contributed by atoms with Crippen LogP contribution in [0.25, 0.3) is 0 Å². The summed E-state index contributed by atoms with van der Waals surface area (Å²) in [6.45, 7) is 2.23. The third-order valence-electron chi connectivity index (χ3n) is 2.94. The van der Waals surface area contributed by atoms with Gasteiger partial charge in [-0.2, -0.15) is 0 Å². The second-order valence-corrected chi connectivity index (χ2v) is 4.36. The molecule has 1 aliphatic rings. The van der Waals surface area contributed by atoms with Crippen molar-refractivity contribution in [3.63, 3.8) is 0 Å². The standard InChI is InChI=1S/C13H18O4/c1-9-13(11(14)7-12(15)17-9)16-8-10-5-3-2-4-6-10/h2-6,9,11-15H,7-8H2,1H3/t9-,11-,12+,13-/m1/s1. The normalized spacial score (nSPS) is 33.6. The quantitative estimate of drug-likeness (QED) is 0.826. The third kappa shape index (κ3) is 3.26. The molecule has 0 saturated carbocycles. The minimum atomic E-state index is -0.892. The van der Waals surface area contributed by atoms with Gasteiger partial charge >= 0.3 is 0 Å². The molecule has 0 spiro atoms. The summed E-state index contributed by atoms with van der Waals surface area (Å²) >= 11 is 0. The zero-order valence-corrected chi connectivity index (χ0v) is 9.82. The summed E-state index contributed by atoms with van der Waals surface area (Å²) in [4.78, 5) is 0. The maximum atomic E-state index is 9.82. The minimum absolute atomic E-state index is 0.198. The lowest BCUT2D eigenvalue weighted by atomic mass is 10.0. The number of hydrogen-bond donors (Lipinski definition) is 2. The van der Waals surface area contributed by atoms with E-state index in [1.807, 2.05) is 30.3 Å². The summed E-state index contributed by atoms with van der Waals surface area (Å²) in [6.07, 6.45) is -2.07. The highest BCUT2D eigenvalue weighted by atomic mass is 16.6. The molecule has 1 aliphatic heterocycles. The van der Waals surface area contributed by atoms with Gasteiger partial charge in [-0.3, -0.25) is 0 Å². The molecule has 17 heavy (non-hydrogen) atoms. The average Bonchev–Trinajstić information content (AvgIpc) is 2.29. The van der Waals surface area contributed by atoms with E-state index >= 15 is 0 Å². The van der Waals surface area contributed by atoms with Crippen LogP contribution in [0.1, 0.15) is 18.9 Å². The van der Waals surface area contributed by atoms with Gasteiger partial charge in [-0.15, -0.1) is 0 Å². The van der Waals surface area contributed by atoms with Crippen LogP contribution < -0.4 is 0 Å². The summed E-state index contributed by atoms with van der Waals surface area (Å²) in [5, 5.41) is 19.1. The summed E-state index contributed by atoms with van der Waals surface area (Å²) in [7, 11) is 0. The van der Waals surface area contributed by atoms with Crippen molar-refractivity contribution in [1.29, 1.82) is 0 Å². The maximum absolute atomic E-state index is 9.82. The Balaban J connectivity index is 1.90. The molecule has 1 aromatic rings.